The number of hydrogen-bond acceptors (Lipinski definition) is 6. The van der Waals surface area contributed by atoms with E-state index < -0.39 is 17.7 Å². The fraction of sp³-hybridized carbons (Fsp3) is 0.368. The van der Waals surface area contributed by atoms with Crippen LogP contribution in [0.15, 0.2) is 41.8 Å². The molecule has 26 heavy (non-hydrogen) atoms. The molecule has 2 rings (SSSR count). The summed E-state index contributed by atoms with van der Waals surface area (Å²) in [4.78, 5) is 24.5. The van der Waals surface area contributed by atoms with Crippen LogP contribution in [0.25, 0.3) is 0 Å². The van der Waals surface area contributed by atoms with Crippen LogP contribution in [0.3, 0.4) is 0 Å². The van der Waals surface area contributed by atoms with Gasteiger partial charge in [-0.2, -0.15) is 0 Å². The van der Waals surface area contributed by atoms with E-state index in [4.69, 9.17) is 20.9 Å². The Morgan fingerprint density at radius 2 is 1.77 bits per heavy atom. The van der Waals surface area contributed by atoms with E-state index in [1.807, 2.05) is 6.92 Å². The molecule has 0 radical (unpaired) electrons. The molecule has 0 spiro atoms. The lowest BCUT2D eigenvalue weighted by Gasteiger charge is -2.23. The maximum Gasteiger partial charge on any atom is 0.412 e. The molecule has 0 saturated heterocycles. The smallest absolute Gasteiger partial charge is 0.412 e. The second-order valence-electron chi connectivity index (χ2n) is 7.27. The van der Waals surface area contributed by atoms with Gasteiger partial charge in [-0.05, 0) is 57.4 Å². The summed E-state index contributed by atoms with van der Waals surface area (Å²) in [6, 6.07) is 4.51. The number of anilines is 2. The normalized spacial score (nSPS) is 17.0. The van der Waals surface area contributed by atoms with Crippen molar-refractivity contribution in [1.82, 2.24) is 5.32 Å². The number of ether oxygens (including phenoxy) is 2. The summed E-state index contributed by atoms with van der Waals surface area (Å²) in [7, 11) is 0. The van der Waals surface area contributed by atoms with Crippen molar-refractivity contribution < 1.29 is 19.1 Å². The molecule has 140 valence electrons. The minimum atomic E-state index is -0.633. The van der Waals surface area contributed by atoms with E-state index in [9.17, 15) is 9.59 Å². The first-order valence-corrected chi connectivity index (χ1v) is 8.34. The highest BCUT2D eigenvalue weighted by molar-refractivity contribution is 5.92. The van der Waals surface area contributed by atoms with Crippen LogP contribution < -0.4 is 16.8 Å². The molecule has 0 bridgehead atoms. The predicted molar refractivity (Wildman–Crippen MR) is 100.0 cm³/mol. The maximum atomic E-state index is 12.4. The van der Waals surface area contributed by atoms with Gasteiger partial charge < -0.3 is 20.9 Å². The largest absolute Gasteiger partial charge is 0.444 e. The van der Waals surface area contributed by atoms with Crippen LogP contribution in [0.5, 0.6) is 0 Å². The van der Waals surface area contributed by atoms with Crippen molar-refractivity contribution in [2.75, 3.05) is 11.5 Å². The number of nitrogens with two attached hydrogens (primary N) is 2. The number of rotatable bonds is 3. The number of amides is 1. The van der Waals surface area contributed by atoms with Gasteiger partial charge in [0.2, 0.25) is 0 Å². The second kappa shape index (κ2) is 7.51. The van der Waals surface area contributed by atoms with Gasteiger partial charge in [-0.3, -0.25) is 5.32 Å². The number of carbonyl (C=O) groups is 2. The second-order valence-corrected chi connectivity index (χ2v) is 7.27. The summed E-state index contributed by atoms with van der Waals surface area (Å²) in [6.45, 7) is 7.29. The zero-order valence-corrected chi connectivity index (χ0v) is 15.5. The van der Waals surface area contributed by atoms with E-state index in [-0.39, 0.29) is 17.2 Å². The van der Waals surface area contributed by atoms with Crippen LogP contribution in [0, 0.1) is 5.92 Å². The first-order valence-electron chi connectivity index (χ1n) is 8.34. The molecule has 1 atom stereocenters. The summed E-state index contributed by atoms with van der Waals surface area (Å²) in [5.74, 6) is -0.185. The van der Waals surface area contributed by atoms with Crippen LogP contribution >= 0.6 is 0 Å². The lowest BCUT2D eigenvalue weighted by Crippen LogP contribution is -2.33. The lowest BCUT2D eigenvalue weighted by atomic mass is 10.0. The third-order valence-corrected chi connectivity index (χ3v) is 3.45. The van der Waals surface area contributed by atoms with Crippen LogP contribution in [0.1, 0.15) is 44.5 Å². The molecule has 7 heteroatoms. The van der Waals surface area contributed by atoms with Crippen LogP contribution in [-0.4, -0.2) is 17.7 Å². The van der Waals surface area contributed by atoms with Gasteiger partial charge in [0, 0.05) is 11.4 Å². The van der Waals surface area contributed by atoms with Crippen molar-refractivity contribution >= 4 is 23.4 Å². The molecule has 1 aliphatic rings. The lowest BCUT2D eigenvalue weighted by molar-refractivity contribution is 0.0521. The minimum absolute atomic E-state index is 0.160. The van der Waals surface area contributed by atoms with E-state index in [0.717, 1.165) is 0 Å². The molecule has 0 fully saturated rings. The number of allylic oxidation sites excluding steroid dienone is 2. The Hall–Kier alpha value is -2.96. The number of hydrogen-bond donors (Lipinski definition) is 3. The fourth-order valence-electron chi connectivity index (χ4n) is 2.39. The number of benzene rings is 1. The molecule has 1 aliphatic carbocycles. The quantitative estimate of drug-likeness (QED) is 0.563. The molecule has 1 aromatic carbocycles. The van der Waals surface area contributed by atoms with E-state index in [1.165, 1.54) is 12.1 Å². The average molecular weight is 359 g/mol. The Labute approximate surface area is 153 Å². The zero-order chi connectivity index (χ0) is 19.5. The highest BCUT2D eigenvalue weighted by atomic mass is 16.6. The monoisotopic (exact) mass is 359 g/mol. The van der Waals surface area contributed by atoms with Gasteiger partial charge in [-0.15, -0.1) is 0 Å². The highest BCUT2D eigenvalue weighted by Crippen LogP contribution is 2.24. The third kappa shape index (κ3) is 5.54. The van der Waals surface area contributed by atoms with Gasteiger partial charge in [-0.25, -0.2) is 9.59 Å². The maximum absolute atomic E-state index is 12.4. The molecule has 1 amide bonds. The van der Waals surface area contributed by atoms with Crippen LogP contribution in [0.2, 0.25) is 0 Å². The Morgan fingerprint density at radius 3 is 2.35 bits per heavy atom. The Kier molecular flexibility index (Phi) is 5.59. The predicted octanol–water partition coefficient (Wildman–Crippen LogP) is 3.34. The zero-order valence-electron chi connectivity index (χ0n) is 15.5. The van der Waals surface area contributed by atoms with E-state index >= 15 is 0 Å². The summed E-state index contributed by atoms with van der Waals surface area (Å²) in [5.41, 5.74) is 12.2. The molecular weight excluding hydrogens is 334 g/mol. The van der Waals surface area contributed by atoms with E-state index in [0.29, 0.717) is 23.5 Å². The molecule has 0 aliphatic heterocycles. The molecule has 1 unspecified atom stereocenters. The molecule has 7 nitrogen and oxygen atoms in total. The third-order valence-electron chi connectivity index (χ3n) is 3.45. The first-order chi connectivity index (χ1) is 12.0. The molecule has 0 heterocycles. The number of esters is 1. The molecule has 0 saturated carbocycles. The summed E-state index contributed by atoms with van der Waals surface area (Å²) in [6.07, 6.45) is 3.66. The average Bonchev–Trinajstić information content (AvgIpc) is 2.47. The van der Waals surface area contributed by atoms with Gasteiger partial charge in [0.25, 0.3) is 0 Å². The molecule has 5 N–H and O–H groups in total. The van der Waals surface area contributed by atoms with Crippen molar-refractivity contribution in [1.29, 1.82) is 0 Å². The van der Waals surface area contributed by atoms with Crippen molar-refractivity contribution in [3.63, 3.8) is 0 Å². The van der Waals surface area contributed by atoms with E-state index in [1.54, 1.807) is 39.0 Å². The van der Waals surface area contributed by atoms with Crippen molar-refractivity contribution in [2.45, 2.75) is 39.7 Å². The Bertz CT molecular complexity index is 755. The first kappa shape index (κ1) is 19.4. The minimum Gasteiger partial charge on any atom is -0.444 e. The van der Waals surface area contributed by atoms with Gasteiger partial charge in [0.1, 0.15) is 5.60 Å². The fourth-order valence-corrected chi connectivity index (χ4v) is 2.39. The van der Waals surface area contributed by atoms with Crippen molar-refractivity contribution in [3.8, 4) is 0 Å². The summed E-state index contributed by atoms with van der Waals surface area (Å²) < 4.78 is 10.7. The summed E-state index contributed by atoms with van der Waals surface area (Å²) >= 11 is 0. The summed E-state index contributed by atoms with van der Waals surface area (Å²) in [5, 5.41) is 2.63. The number of alkyl carbamates (subject to hydrolysis) is 1. The van der Waals surface area contributed by atoms with Crippen molar-refractivity contribution in [2.24, 2.45) is 5.92 Å². The van der Waals surface area contributed by atoms with Crippen LogP contribution in [0.4, 0.5) is 16.2 Å². The van der Waals surface area contributed by atoms with Gasteiger partial charge in [0.05, 0.1) is 11.3 Å². The topological polar surface area (TPSA) is 117 Å². The molecule has 0 aromatic heterocycles. The molecule has 1 aromatic rings. The van der Waals surface area contributed by atoms with Gasteiger partial charge in [0.15, 0.2) is 5.76 Å². The number of carbonyl (C=O) groups excluding carboxylic acids is 2. The number of nitrogen functional groups attached to an aromatic ring is 2. The van der Waals surface area contributed by atoms with Gasteiger partial charge in [-0.1, -0.05) is 13.0 Å². The highest BCUT2D eigenvalue weighted by Gasteiger charge is 2.23. The van der Waals surface area contributed by atoms with Crippen LogP contribution in [-0.2, 0) is 9.47 Å². The number of nitrogens with one attached hydrogen (secondary N) is 1. The van der Waals surface area contributed by atoms with Crippen molar-refractivity contribution in [3.05, 3.63) is 47.4 Å². The standard InChI is InChI=1S/C19H25N3O4/c1-11-5-6-15(22-18(24)26-19(2,3)4)16(7-11)25-17(23)12-8-13(20)10-14(21)9-12/h6-11H,5,20-21H2,1-4H3,(H,22,24). The Balaban J connectivity index is 2.15. The van der Waals surface area contributed by atoms with Gasteiger partial charge >= 0.3 is 12.1 Å². The Morgan fingerprint density at radius 1 is 1.15 bits per heavy atom. The van der Waals surface area contributed by atoms with E-state index in [2.05, 4.69) is 5.32 Å². The SMILES string of the molecule is CC1C=C(OC(=O)c2cc(N)cc(N)c2)C(NC(=O)OC(C)(C)C)=CC1. The molecular formula is C19H25N3O4.